The number of anilines is 3. The van der Waals surface area contributed by atoms with Crippen molar-refractivity contribution in [1.82, 2.24) is 0 Å². The van der Waals surface area contributed by atoms with Crippen LogP contribution >= 0.6 is 0 Å². The van der Waals surface area contributed by atoms with Crippen molar-refractivity contribution >= 4 is 17.1 Å². The zero-order valence-electron chi connectivity index (χ0n) is 34.3. The van der Waals surface area contributed by atoms with E-state index in [1.807, 2.05) is 0 Å². The molecule has 0 radical (unpaired) electrons. The van der Waals surface area contributed by atoms with Crippen LogP contribution in [0, 0.1) is 0 Å². The fourth-order valence-corrected chi connectivity index (χ4v) is 9.83. The van der Waals surface area contributed by atoms with Gasteiger partial charge in [-0.15, -0.1) is 0 Å². The van der Waals surface area contributed by atoms with E-state index in [0.717, 1.165) is 33.8 Å². The van der Waals surface area contributed by atoms with Gasteiger partial charge in [0, 0.05) is 16.8 Å². The molecule has 1 heteroatoms. The van der Waals surface area contributed by atoms with Crippen LogP contribution in [-0.4, -0.2) is 0 Å². The van der Waals surface area contributed by atoms with Gasteiger partial charge in [-0.1, -0.05) is 231 Å². The minimum absolute atomic E-state index is 0.569. The molecule has 0 heterocycles. The lowest BCUT2D eigenvalue weighted by Gasteiger charge is -2.36. The van der Waals surface area contributed by atoms with Crippen LogP contribution in [0.25, 0.3) is 55.6 Å². The summed E-state index contributed by atoms with van der Waals surface area (Å²) in [7, 11) is 0. The zero-order valence-corrected chi connectivity index (χ0v) is 34.3. The lowest BCUT2D eigenvalue weighted by atomic mass is 9.67. The molecule has 0 atom stereocenters. The van der Waals surface area contributed by atoms with Crippen LogP contribution in [0.4, 0.5) is 17.1 Å². The summed E-state index contributed by atoms with van der Waals surface area (Å²) in [6.07, 6.45) is 0. The van der Waals surface area contributed by atoms with Crippen molar-refractivity contribution in [2.45, 2.75) is 5.41 Å². The van der Waals surface area contributed by atoms with Crippen molar-refractivity contribution < 1.29 is 0 Å². The normalized spacial score (nSPS) is 12.3. The van der Waals surface area contributed by atoms with Gasteiger partial charge in [-0.3, -0.25) is 0 Å². The molecule has 1 aliphatic carbocycles. The molecule has 0 aromatic heterocycles. The molecule has 0 aliphatic heterocycles. The monoisotopic (exact) mass is 789 g/mol. The molecule has 292 valence electrons. The van der Waals surface area contributed by atoms with Gasteiger partial charge >= 0.3 is 0 Å². The molecule has 1 aliphatic rings. The van der Waals surface area contributed by atoms with E-state index in [0.29, 0.717) is 0 Å². The Morgan fingerprint density at radius 3 is 1.31 bits per heavy atom. The SMILES string of the molecule is c1ccc(-c2ccc(-c3cc4c(cc3N(c3ccccc3)c3ccccc3-c3ccccc3-c3ccccc3)C(c3ccccc3)(c3ccccc3)c3ccccc3-4)cc2)cc1. The number of benzene rings is 10. The van der Waals surface area contributed by atoms with Crippen molar-refractivity contribution in [2.75, 3.05) is 4.90 Å². The van der Waals surface area contributed by atoms with E-state index in [-0.39, 0.29) is 0 Å². The van der Waals surface area contributed by atoms with Gasteiger partial charge in [0.2, 0.25) is 0 Å². The van der Waals surface area contributed by atoms with Crippen molar-refractivity contribution in [3.8, 4) is 55.6 Å². The third-order valence-electron chi connectivity index (χ3n) is 12.6. The molecule has 0 amide bonds. The molecular weight excluding hydrogens is 747 g/mol. The minimum Gasteiger partial charge on any atom is -0.309 e. The summed E-state index contributed by atoms with van der Waals surface area (Å²) in [4.78, 5) is 2.50. The molecule has 0 saturated heterocycles. The first-order valence-corrected chi connectivity index (χ1v) is 21.4. The van der Waals surface area contributed by atoms with Gasteiger partial charge in [-0.05, 0) is 97.1 Å². The Labute approximate surface area is 364 Å². The molecule has 0 unspecified atom stereocenters. The van der Waals surface area contributed by atoms with Crippen molar-refractivity contribution in [2.24, 2.45) is 0 Å². The van der Waals surface area contributed by atoms with Crippen molar-refractivity contribution in [3.63, 3.8) is 0 Å². The predicted octanol–water partition coefficient (Wildman–Crippen LogP) is 16.2. The van der Waals surface area contributed by atoms with Gasteiger partial charge in [0.25, 0.3) is 0 Å². The molecule has 62 heavy (non-hydrogen) atoms. The highest BCUT2D eigenvalue weighted by Crippen LogP contribution is 2.59. The van der Waals surface area contributed by atoms with Gasteiger partial charge in [0.1, 0.15) is 0 Å². The number of hydrogen-bond donors (Lipinski definition) is 0. The second kappa shape index (κ2) is 15.9. The quantitative estimate of drug-likeness (QED) is 0.141. The lowest BCUT2D eigenvalue weighted by Crippen LogP contribution is -2.28. The Kier molecular flexibility index (Phi) is 9.48. The molecule has 0 spiro atoms. The molecule has 10 aromatic rings. The van der Waals surface area contributed by atoms with E-state index >= 15 is 0 Å². The van der Waals surface area contributed by atoms with Crippen LogP contribution in [0.1, 0.15) is 22.3 Å². The van der Waals surface area contributed by atoms with Crippen LogP contribution in [0.15, 0.2) is 261 Å². The van der Waals surface area contributed by atoms with E-state index < -0.39 is 5.41 Å². The first-order valence-electron chi connectivity index (χ1n) is 21.4. The molecular formula is C61H43N. The zero-order chi connectivity index (χ0) is 41.3. The predicted molar refractivity (Wildman–Crippen MR) is 260 cm³/mol. The second-order valence-corrected chi connectivity index (χ2v) is 16.0. The highest BCUT2D eigenvalue weighted by Gasteiger charge is 2.47. The summed E-state index contributed by atoms with van der Waals surface area (Å²) in [6, 6.07) is 95.4. The molecule has 0 bridgehead atoms. The maximum absolute atomic E-state index is 2.52. The van der Waals surface area contributed by atoms with Gasteiger partial charge in [0.05, 0.1) is 16.8 Å². The van der Waals surface area contributed by atoms with Gasteiger partial charge in [-0.25, -0.2) is 0 Å². The summed E-state index contributed by atoms with van der Waals surface area (Å²) in [5.74, 6) is 0. The molecule has 1 nitrogen and oxygen atoms in total. The number of rotatable bonds is 9. The Balaban J connectivity index is 1.24. The number of fused-ring (bicyclic) bond motifs is 3. The van der Waals surface area contributed by atoms with Crippen LogP contribution < -0.4 is 4.90 Å². The maximum Gasteiger partial charge on any atom is 0.0714 e. The molecule has 0 fully saturated rings. The van der Waals surface area contributed by atoms with Crippen LogP contribution in [0.3, 0.4) is 0 Å². The molecule has 0 N–H and O–H groups in total. The van der Waals surface area contributed by atoms with Gasteiger partial charge < -0.3 is 4.90 Å². The second-order valence-electron chi connectivity index (χ2n) is 16.0. The maximum atomic E-state index is 2.52. The Morgan fingerprint density at radius 1 is 0.242 bits per heavy atom. The number of hydrogen-bond acceptors (Lipinski definition) is 1. The first-order chi connectivity index (χ1) is 30.8. The fraction of sp³-hybridized carbons (Fsp3) is 0.0164. The average molecular weight is 790 g/mol. The third-order valence-corrected chi connectivity index (χ3v) is 12.6. The Bertz CT molecular complexity index is 3100. The van der Waals surface area contributed by atoms with Gasteiger partial charge in [0.15, 0.2) is 0 Å². The lowest BCUT2D eigenvalue weighted by molar-refractivity contribution is 0.768. The topological polar surface area (TPSA) is 3.24 Å². The van der Waals surface area contributed by atoms with Crippen LogP contribution in [0.2, 0.25) is 0 Å². The van der Waals surface area contributed by atoms with E-state index in [2.05, 4.69) is 266 Å². The van der Waals surface area contributed by atoms with Crippen LogP contribution in [-0.2, 0) is 5.41 Å². The summed E-state index contributed by atoms with van der Waals surface area (Å²) < 4.78 is 0. The smallest absolute Gasteiger partial charge is 0.0714 e. The summed E-state index contributed by atoms with van der Waals surface area (Å²) in [5.41, 5.74) is 19.7. The molecule has 0 saturated carbocycles. The van der Waals surface area contributed by atoms with Crippen molar-refractivity contribution in [3.05, 3.63) is 283 Å². The average Bonchev–Trinajstić information content (AvgIpc) is 3.65. The highest BCUT2D eigenvalue weighted by molar-refractivity contribution is 6.00. The Hall–Kier alpha value is -8.00. The van der Waals surface area contributed by atoms with Crippen LogP contribution in [0.5, 0.6) is 0 Å². The molecule has 10 aromatic carbocycles. The Morgan fingerprint density at radius 2 is 0.677 bits per heavy atom. The van der Waals surface area contributed by atoms with Crippen molar-refractivity contribution in [1.29, 1.82) is 0 Å². The largest absolute Gasteiger partial charge is 0.309 e. The van der Waals surface area contributed by atoms with E-state index in [4.69, 9.17) is 0 Å². The molecule has 11 rings (SSSR count). The van der Waals surface area contributed by atoms with E-state index in [1.54, 1.807) is 0 Å². The first kappa shape index (κ1) is 37.0. The summed E-state index contributed by atoms with van der Waals surface area (Å²) in [6.45, 7) is 0. The third kappa shape index (κ3) is 6.26. The van der Waals surface area contributed by atoms with E-state index in [1.165, 1.54) is 61.2 Å². The minimum atomic E-state index is -0.569. The standard InChI is InChI=1S/C61H43N/c1-6-22-44(23-7-1)45-38-40-47(41-39-45)55-42-56-53-34-18-20-36-57(53)61(48-26-10-3-11-27-48,49-28-12-4-13-29-49)58(56)43-60(55)62(50-30-14-5-15-31-50)59-37-21-19-35-54(59)52-33-17-16-32-51(52)46-24-8-2-9-25-46/h1-43H. The highest BCUT2D eigenvalue weighted by atomic mass is 15.1. The summed E-state index contributed by atoms with van der Waals surface area (Å²) >= 11 is 0. The summed E-state index contributed by atoms with van der Waals surface area (Å²) in [5, 5.41) is 0. The fourth-order valence-electron chi connectivity index (χ4n) is 9.83. The van der Waals surface area contributed by atoms with E-state index in [9.17, 15) is 0 Å². The van der Waals surface area contributed by atoms with Gasteiger partial charge in [-0.2, -0.15) is 0 Å². The number of para-hydroxylation sites is 2. The number of nitrogens with zero attached hydrogens (tertiary/aromatic N) is 1.